The van der Waals surface area contributed by atoms with Crippen LogP contribution in [-0.2, 0) is 6.54 Å². The Balaban J connectivity index is 2.65. The summed E-state index contributed by atoms with van der Waals surface area (Å²) in [4.78, 5) is 0. The molecule has 0 saturated heterocycles. The average Bonchev–Trinajstić information content (AvgIpc) is 2.35. The highest BCUT2D eigenvalue weighted by Gasteiger charge is 2.09. The molecule has 0 radical (unpaired) electrons. The van der Waals surface area contributed by atoms with Crippen molar-refractivity contribution in [1.82, 2.24) is 0 Å². The molecule has 1 rings (SSSR count). The van der Waals surface area contributed by atoms with E-state index in [4.69, 9.17) is 15.2 Å². The summed E-state index contributed by atoms with van der Waals surface area (Å²) in [5, 5.41) is 0. The molecule has 0 atom stereocenters. The average molecular weight is 251 g/mol. The van der Waals surface area contributed by atoms with Crippen LogP contribution in [0.2, 0.25) is 0 Å². The van der Waals surface area contributed by atoms with Gasteiger partial charge < -0.3 is 15.2 Å². The fourth-order valence-electron chi connectivity index (χ4n) is 1.82. The van der Waals surface area contributed by atoms with Crippen LogP contribution in [-0.4, -0.2) is 13.2 Å². The molecule has 102 valence electrons. The van der Waals surface area contributed by atoms with Crippen LogP contribution in [0.25, 0.3) is 0 Å². The summed E-state index contributed by atoms with van der Waals surface area (Å²) in [6, 6.07) is 5.87. The van der Waals surface area contributed by atoms with E-state index in [1.165, 1.54) is 6.42 Å². The minimum absolute atomic E-state index is 0.473. The van der Waals surface area contributed by atoms with E-state index in [2.05, 4.69) is 13.8 Å². The molecule has 0 heterocycles. The van der Waals surface area contributed by atoms with Crippen LogP contribution in [0, 0.1) is 5.92 Å². The first kappa shape index (κ1) is 14.8. The maximum Gasteiger partial charge on any atom is 0.165 e. The molecule has 0 saturated carbocycles. The number of nitrogens with two attached hydrogens (primary N) is 1. The van der Waals surface area contributed by atoms with Crippen molar-refractivity contribution in [2.75, 3.05) is 13.2 Å². The summed E-state index contributed by atoms with van der Waals surface area (Å²) in [7, 11) is 0. The monoisotopic (exact) mass is 251 g/mol. The highest BCUT2D eigenvalue weighted by Crippen LogP contribution is 2.31. The van der Waals surface area contributed by atoms with Gasteiger partial charge in [0.05, 0.1) is 13.2 Å². The summed E-state index contributed by atoms with van der Waals surface area (Å²) >= 11 is 0. The van der Waals surface area contributed by atoms with E-state index in [1.54, 1.807) is 0 Å². The van der Waals surface area contributed by atoms with Gasteiger partial charge in [0.2, 0.25) is 0 Å². The Morgan fingerprint density at radius 1 is 1.22 bits per heavy atom. The number of hydrogen-bond acceptors (Lipinski definition) is 3. The van der Waals surface area contributed by atoms with Gasteiger partial charge in [0, 0.05) is 12.1 Å². The Morgan fingerprint density at radius 2 is 2.00 bits per heavy atom. The van der Waals surface area contributed by atoms with Gasteiger partial charge in [-0.1, -0.05) is 26.0 Å². The van der Waals surface area contributed by atoms with Crippen molar-refractivity contribution in [3.8, 4) is 11.5 Å². The van der Waals surface area contributed by atoms with Gasteiger partial charge in [0.25, 0.3) is 0 Å². The van der Waals surface area contributed by atoms with E-state index in [9.17, 15) is 0 Å². The summed E-state index contributed by atoms with van der Waals surface area (Å²) in [6.45, 7) is 8.24. The second kappa shape index (κ2) is 7.98. The van der Waals surface area contributed by atoms with E-state index in [1.807, 2.05) is 25.1 Å². The summed E-state index contributed by atoms with van der Waals surface area (Å²) < 4.78 is 11.4. The lowest BCUT2D eigenvalue weighted by Gasteiger charge is -2.15. The predicted molar refractivity (Wildman–Crippen MR) is 75.1 cm³/mol. The molecule has 0 aliphatic carbocycles. The summed E-state index contributed by atoms with van der Waals surface area (Å²) in [6.07, 6.45) is 2.23. The largest absolute Gasteiger partial charge is 0.490 e. The van der Waals surface area contributed by atoms with Crippen molar-refractivity contribution in [3.05, 3.63) is 23.8 Å². The molecular formula is C15H25NO2. The summed E-state index contributed by atoms with van der Waals surface area (Å²) in [5.41, 5.74) is 6.74. The quantitative estimate of drug-likeness (QED) is 0.720. The first-order chi connectivity index (χ1) is 8.69. The van der Waals surface area contributed by atoms with Gasteiger partial charge in [-0.25, -0.2) is 0 Å². The van der Waals surface area contributed by atoms with Crippen LogP contribution in [0.3, 0.4) is 0 Å². The third kappa shape index (κ3) is 4.57. The molecule has 1 aromatic rings. The zero-order chi connectivity index (χ0) is 13.4. The van der Waals surface area contributed by atoms with Crippen LogP contribution in [0.1, 0.15) is 39.2 Å². The van der Waals surface area contributed by atoms with Crippen LogP contribution >= 0.6 is 0 Å². The Kier molecular flexibility index (Phi) is 6.58. The van der Waals surface area contributed by atoms with Gasteiger partial charge in [-0.2, -0.15) is 0 Å². The molecule has 18 heavy (non-hydrogen) atoms. The van der Waals surface area contributed by atoms with Crippen LogP contribution < -0.4 is 15.2 Å². The number of para-hydroxylation sites is 1. The molecule has 0 bridgehead atoms. The van der Waals surface area contributed by atoms with Gasteiger partial charge in [0.1, 0.15) is 0 Å². The first-order valence-electron chi connectivity index (χ1n) is 6.76. The molecule has 0 aliphatic heterocycles. The van der Waals surface area contributed by atoms with E-state index >= 15 is 0 Å². The van der Waals surface area contributed by atoms with Gasteiger partial charge in [-0.15, -0.1) is 0 Å². The van der Waals surface area contributed by atoms with Crippen molar-refractivity contribution in [2.24, 2.45) is 11.7 Å². The number of benzene rings is 1. The van der Waals surface area contributed by atoms with Gasteiger partial charge in [0.15, 0.2) is 11.5 Å². The second-order valence-corrected chi connectivity index (χ2v) is 4.77. The third-order valence-electron chi connectivity index (χ3n) is 2.75. The van der Waals surface area contributed by atoms with E-state index in [0.717, 1.165) is 30.1 Å². The zero-order valence-corrected chi connectivity index (χ0v) is 11.7. The lowest BCUT2D eigenvalue weighted by atomic mass is 10.1. The molecule has 3 nitrogen and oxygen atoms in total. The van der Waals surface area contributed by atoms with Crippen molar-refractivity contribution in [2.45, 2.75) is 40.2 Å². The van der Waals surface area contributed by atoms with Crippen molar-refractivity contribution in [1.29, 1.82) is 0 Å². The molecule has 0 aromatic heterocycles. The Bertz CT molecular complexity index is 350. The van der Waals surface area contributed by atoms with Crippen molar-refractivity contribution >= 4 is 0 Å². The fraction of sp³-hybridized carbons (Fsp3) is 0.600. The van der Waals surface area contributed by atoms with Crippen LogP contribution in [0.5, 0.6) is 11.5 Å². The maximum atomic E-state index is 5.86. The minimum Gasteiger partial charge on any atom is -0.490 e. The molecule has 1 aromatic carbocycles. The highest BCUT2D eigenvalue weighted by molar-refractivity contribution is 5.46. The predicted octanol–water partition coefficient (Wildman–Crippen LogP) is 3.36. The molecule has 0 fully saturated rings. The van der Waals surface area contributed by atoms with Crippen LogP contribution in [0.4, 0.5) is 0 Å². The number of ether oxygens (including phenoxy) is 2. The van der Waals surface area contributed by atoms with E-state index in [0.29, 0.717) is 19.1 Å². The number of hydrogen-bond donors (Lipinski definition) is 1. The Morgan fingerprint density at radius 3 is 2.61 bits per heavy atom. The minimum atomic E-state index is 0.473. The van der Waals surface area contributed by atoms with Gasteiger partial charge >= 0.3 is 0 Å². The molecule has 0 unspecified atom stereocenters. The molecule has 0 aliphatic rings. The Labute approximate surface area is 110 Å². The highest BCUT2D eigenvalue weighted by atomic mass is 16.5. The molecule has 0 spiro atoms. The first-order valence-corrected chi connectivity index (χ1v) is 6.76. The third-order valence-corrected chi connectivity index (χ3v) is 2.75. The Hall–Kier alpha value is -1.22. The van der Waals surface area contributed by atoms with Gasteiger partial charge in [-0.3, -0.25) is 0 Å². The molecule has 2 N–H and O–H groups in total. The second-order valence-electron chi connectivity index (χ2n) is 4.77. The van der Waals surface area contributed by atoms with Crippen molar-refractivity contribution in [3.63, 3.8) is 0 Å². The zero-order valence-electron chi connectivity index (χ0n) is 11.7. The fourth-order valence-corrected chi connectivity index (χ4v) is 1.82. The SMILES string of the molecule is CCOc1cccc(CN)c1OCCCC(C)C. The number of rotatable bonds is 8. The smallest absolute Gasteiger partial charge is 0.165 e. The lowest BCUT2D eigenvalue weighted by molar-refractivity contribution is 0.264. The normalized spacial score (nSPS) is 10.7. The maximum absolute atomic E-state index is 5.86. The van der Waals surface area contributed by atoms with E-state index in [-0.39, 0.29) is 0 Å². The van der Waals surface area contributed by atoms with Gasteiger partial charge in [-0.05, 0) is 31.7 Å². The van der Waals surface area contributed by atoms with E-state index < -0.39 is 0 Å². The van der Waals surface area contributed by atoms with Crippen LogP contribution in [0.15, 0.2) is 18.2 Å². The molecular weight excluding hydrogens is 226 g/mol. The van der Waals surface area contributed by atoms with Crippen molar-refractivity contribution < 1.29 is 9.47 Å². The molecule has 0 amide bonds. The lowest BCUT2D eigenvalue weighted by Crippen LogP contribution is -2.07. The standard InChI is InChI=1S/C15H25NO2/c1-4-17-14-9-5-8-13(11-16)15(14)18-10-6-7-12(2)3/h5,8-9,12H,4,6-7,10-11,16H2,1-3H3. The topological polar surface area (TPSA) is 44.5 Å². The summed E-state index contributed by atoms with van der Waals surface area (Å²) in [5.74, 6) is 2.32. The molecule has 3 heteroatoms.